The van der Waals surface area contributed by atoms with Crippen LogP contribution in [-0.4, -0.2) is 31.1 Å². The smallest absolute Gasteiger partial charge is 0.0161 e. The van der Waals surface area contributed by atoms with Gasteiger partial charge in [0.25, 0.3) is 0 Å². The van der Waals surface area contributed by atoms with Crippen LogP contribution < -0.4 is 5.73 Å². The van der Waals surface area contributed by atoms with Crippen molar-refractivity contribution in [1.29, 1.82) is 0 Å². The molecule has 0 unspecified atom stereocenters. The van der Waals surface area contributed by atoms with Gasteiger partial charge in [-0.05, 0) is 57.7 Å². The van der Waals surface area contributed by atoms with Crippen LogP contribution in [-0.2, 0) is 0 Å². The fourth-order valence-corrected chi connectivity index (χ4v) is 2.89. The van der Waals surface area contributed by atoms with E-state index in [1.165, 1.54) is 38.6 Å². The van der Waals surface area contributed by atoms with Gasteiger partial charge in [0.15, 0.2) is 0 Å². The molecule has 0 bridgehead atoms. The third kappa shape index (κ3) is 2.05. The lowest BCUT2D eigenvalue weighted by Crippen LogP contribution is -2.41. The van der Waals surface area contributed by atoms with Gasteiger partial charge in [0.2, 0.25) is 0 Å². The van der Waals surface area contributed by atoms with E-state index >= 15 is 0 Å². The number of hydrogen-bond donors (Lipinski definition) is 1. The van der Waals surface area contributed by atoms with Crippen molar-refractivity contribution in [2.75, 3.05) is 20.1 Å². The van der Waals surface area contributed by atoms with E-state index in [0.29, 0.717) is 0 Å². The third-order valence-corrected chi connectivity index (χ3v) is 3.74. The summed E-state index contributed by atoms with van der Waals surface area (Å²) in [5, 5.41) is 0. The van der Waals surface area contributed by atoms with Crippen LogP contribution in [0.5, 0.6) is 0 Å². The van der Waals surface area contributed by atoms with Crippen molar-refractivity contribution in [3.8, 4) is 0 Å². The van der Waals surface area contributed by atoms with E-state index in [4.69, 9.17) is 5.73 Å². The molecule has 1 saturated carbocycles. The Morgan fingerprint density at radius 3 is 2.62 bits per heavy atom. The Morgan fingerprint density at radius 1 is 1.23 bits per heavy atom. The standard InChI is InChI=1S/C11H22N2/c1-13-7-3-2-4-10(8-12)11(13)9-5-6-9/h9-11H,2-8,12H2,1H3/t10-,11-/m1/s1. The molecule has 2 atom stereocenters. The van der Waals surface area contributed by atoms with Gasteiger partial charge in [-0.15, -0.1) is 0 Å². The molecular weight excluding hydrogens is 160 g/mol. The summed E-state index contributed by atoms with van der Waals surface area (Å²) in [6.45, 7) is 2.18. The normalized spacial score (nSPS) is 37.4. The summed E-state index contributed by atoms with van der Waals surface area (Å²) >= 11 is 0. The molecule has 0 aromatic carbocycles. The molecule has 2 nitrogen and oxygen atoms in total. The molecule has 1 aliphatic carbocycles. The molecule has 0 aromatic heterocycles. The summed E-state index contributed by atoms with van der Waals surface area (Å²) in [7, 11) is 2.29. The maximum atomic E-state index is 5.86. The molecule has 2 N–H and O–H groups in total. The van der Waals surface area contributed by atoms with E-state index in [-0.39, 0.29) is 0 Å². The largest absolute Gasteiger partial charge is 0.330 e. The van der Waals surface area contributed by atoms with Crippen molar-refractivity contribution in [2.24, 2.45) is 17.6 Å². The van der Waals surface area contributed by atoms with Gasteiger partial charge in [0.05, 0.1) is 0 Å². The molecule has 0 amide bonds. The summed E-state index contributed by atoms with van der Waals surface area (Å²) in [5.74, 6) is 1.76. The second-order valence-corrected chi connectivity index (χ2v) is 4.80. The van der Waals surface area contributed by atoms with Crippen LogP contribution >= 0.6 is 0 Å². The van der Waals surface area contributed by atoms with Gasteiger partial charge >= 0.3 is 0 Å². The highest BCUT2D eigenvalue weighted by Gasteiger charge is 2.38. The van der Waals surface area contributed by atoms with Crippen molar-refractivity contribution in [3.05, 3.63) is 0 Å². The molecule has 0 spiro atoms. The van der Waals surface area contributed by atoms with E-state index in [1.807, 2.05) is 0 Å². The van der Waals surface area contributed by atoms with Crippen molar-refractivity contribution in [1.82, 2.24) is 4.90 Å². The minimum Gasteiger partial charge on any atom is -0.330 e. The van der Waals surface area contributed by atoms with Gasteiger partial charge in [-0.2, -0.15) is 0 Å². The Kier molecular flexibility index (Phi) is 2.89. The molecule has 2 rings (SSSR count). The van der Waals surface area contributed by atoms with E-state index in [9.17, 15) is 0 Å². The highest BCUT2D eigenvalue weighted by atomic mass is 15.1. The Morgan fingerprint density at radius 2 is 2.00 bits per heavy atom. The maximum Gasteiger partial charge on any atom is 0.0161 e. The summed E-state index contributed by atoms with van der Waals surface area (Å²) in [6.07, 6.45) is 7.02. The average Bonchev–Trinajstić information content (AvgIpc) is 2.91. The first kappa shape index (κ1) is 9.47. The van der Waals surface area contributed by atoms with Gasteiger partial charge in [-0.1, -0.05) is 6.42 Å². The molecule has 0 aromatic rings. The van der Waals surface area contributed by atoms with Gasteiger partial charge in [0, 0.05) is 6.04 Å². The zero-order valence-electron chi connectivity index (χ0n) is 8.71. The van der Waals surface area contributed by atoms with Crippen molar-refractivity contribution >= 4 is 0 Å². The maximum absolute atomic E-state index is 5.86. The molecule has 1 heterocycles. The van der Waals surface area contributed by atoms with Crippen LogP contribution in [0.3, 0.4) is 0 Å². The Balaban J connectivity index is 2.03. The van der Waals surface area contributed by atoms with Gasteiger partial charge in [-0.3, -0.25) is 0 Å². The summed E-state index contributed by atoms with van der Waals surface area (Å²) in [4.78, 5) is 2.57. The number of hydrogen-bond acceptors (Lipinski definition) is 2. The minimum atomic E-state index is 0.778. The van der Waals surface area contributed by atoms with Crippen molar-refractivity contribution in [2.45, 2.75) is 38.1 Å². The zero-order valence-corrected chi connectivity index (χ0v) is 8.71. The fourth-order valence-electron chi connectivity index (χ4n) is 2.89. The first-order valence-electron chi connectivity index (χ1n) is 5.73. The molecule has 1 aliphatic heterocycles. The van der Waals surface area contributed by atoms with E-state index in [1.54, 1.807) is 0 Å². The summed E-state index contributed by atoms with van der Waals surface area (Å²) in [5.41, 5.74) is 5.86. The Hall–Kier alpha value is -0.0800. The lowest BCUT2D eigenvalue weighted by molar-refractivity contribution is 0.170. The molecule has 13 heavy (non-hydrogen) atoms. The number of nitrogens with zero attached hydrogens (tertiary/aromatic N) is 1. The van der Waals surface area contributed by atoms with Crippen molar-refractivity contribution < 1.29 is 0 Å². The summed E-state index contributed by atoms with van der Waals surface area (Å²) < 4.78 is 0. The highest BCUT2D eigenvalue weighted by Crippen LogP contribution is 2.40. The monoisotopic (exact) mass is 182 g/mol. The quantitative estimate of drug-likeness (QED) is 0.700. The highest BCUT2D eigenvalue weighted by molar-refractivity contribution is 4.93. The first-order valence-corrected chi connectivity index (χ1v) is 5.73. The third-order valence-electron chi connectivity index (χ3n) is 3.74. The van der Waals surface area contributed by atoms with E-state index in [0.717, 1.165) is 24.4 Å². The summed E-state index contributed by atoms with van der Waals surface area (Å²) in [6, 6.07) is 0.812. The molecule has 2 aliphatic rings. The number of nitrogens with two attached hydrogens (primary N) is 1. The number of likely N-dealkylation sites (tertiary alicyclic amines) is 1. The molecule has 2 heteroatoms. The van der Waals surface area contributed by atoms with Crippen LogP contribution in [0, 0.1) is 11.8 Å². The lowest BCUT2D eigenvalue weighted by atomic mass is 9.91. The Labute approximate surface area is 81.5 Å². The second kappa shape index (κ2) is 3.97. The van der Waals surface area contributed by atoms with E-state index in [2.05, 4.69) is 11.9 Å². The lowest BCUT2D eigenvalue weighted by Gasteiger charge is -2.31. The first-order chi connectivity index (χ1) is 6.33. The van der Waals surface area contributed by atoms with Gasteiger partial charge in [0.1, 0.15) is 0 Å². The van der Waals surface area contributed by atoms with Crippen LogP contribution in [0.25, 0.3) is 0 Å². The number of rotatable bonds is 2. The van der Waals surface area contributed by atoms with Crippen LogP contribution in [0.4, 0.5) is 0 Å². The second-order valence-electron chi connectivity index (χ2n) is 4.80. The predicted octanol–water partition coefficient (Wildman–Crippen LogP) is 1.46. The van der Waals surface area contributed by atoms with Gasteiger partial charge in [-0.25, -0.2) is 0 Å². The topological polar surface area (TPSA) is 29.3 Å². The molecule has 2 fully saturated rings. The van der Waals surface area contributed by atoms with E-state index < -0.39 is 0 Å². The molecular formula is C11H22N2. The van der Waals surface area contributed by atoms with Crippen molar-refractivity contribution in [3.63, 3.8) is 0 Å². The zero-order chi connectivity index (χ0) is 9.26. The minimum absolute atomic E-state index is 0.778. The van der Waals surface area contributed by atoms with Gasteiger partial charge < -0.3 is 10.6 Å². The Bertz CT molecular complexity index is 165. The van der Waals surface area contributed by atoms with Crippen LogP contribution in [0.1, 0.15) is 32.1 Å². The molecule has 1 saturated heterocycles. The van der Waals surface area contributed by atoms with Crippen LogP contribution in [0.15, 0.2) is 0 Å². The predicted molar refractivity (Wildman–Crippen MR) is 55.5 cm³/mol. The molecule has 76 valence electrons. The SMILES string of the molecule is CN1CCCC[C@H](CN)[C@H]1C1CC1. The fraction of sp³-hybridized carbons (Fsp3) is 1.00. The average molecular weight is 182 g/mol. The molecule has 0 radical (unpaired) electrons. The van der Waals surface area contributed by atoms with Crippen LogP contribution in [0.2, 0.25) is 0 Å².